The highest BCUT2D eigenvalue weighted by atomic mass is 16.9. The van der Waals surface area contributed by atoms with Gasteiger partial charge < -0.3 is 29.7 Å². The number of likely N-dealkylation sites (tertiary alicyclic amines) is 1. The van der Waals surface area contributed by atoms with E-state index in [0.29, 0.717) is 30.4 Å². The van der Waals surface area contributed by atoms with E-state index in [-0.39, 0.29) is 18.9 Å². The molecule has 1 fully saturated rings. The van der Waals surface area contributed by atoms with E-state index >= 15 is 0 Å². The summed E-state index contributed by atoms with van der Waals surface area (Å²) >= 11 is 0. The SMILES string of the molecule is CCCCCCCOc1ccc(-c2cnc(-c3ccc(C[C@H](NC(=O)OCc4ccccc4)C(=O)N4CCC[C@H]4N([O-])OC(C)(C)C)cc3)nc2)cc1. The normalized spacial score (nSPS) is 15.0. The van der Waals surface area contributed by atoms with E-state index in [1.54, 1.807) is 33.2 Å². The maximum absolute atomic E-state index is 14.0. The number of nitrogens with zero attached hydrogens (tertiary/aromatic N) is 4. The number of nitrogens with one attached hydrogen (secondary N) is 1. The molecule has 4 aromatic rings. The van der Waals surface area contributed by atoms with Gasteiger partial charge in [0, 0.05) is 36.5 Å². The van der Waals surface area contributed by atoms with Crippen LogP contribution in [0.25, 0.3) is 22.5 Å². The summed E-state index contributed by atoms with van der Waals surface area (Å²) < 4.78 is 11.4. The predicted octanol–water partition coefficient (Wildman–Crippen LogP) is 8.48. The van der Waals surface area contributed by atoms with Crippen molar-refractivity contribution in [1.82, 2.24) is 25.4 Å². The Morgan fingerprint density at radius 1 is 0.887 bits per heavy atom. The average molecular weight is 723 g/mol. The molecule has 1 N–H and O–H groups in total. The Morgan fingerprint density at radius 2 is 1.57 bits per heavy atom. The molecule has 2 amide bonds. The third-order valence-corrected chi connectivity index (χ3v) is 8.92. The number of unbranched alkanes of at least 4 members (excludes halogenated alkanes) is 4. The van der Waals surface area contributed by atoms with Crippen LogP contribution in [-0.4, -0.2) is 63.1 Å². The van der Waals surface area contributed by atoms with Gasteiger partial charge in [0.2, 0.25) is 5.91 Å². The summed E-state index contributed by atoms with van der Waals surface area (Å²) in [5.74, 6) is 1.03. The fraction of sp³-hybridized carbons (Fsp3) is 0.429. The molecule has 5 rings (SSSR count). The van der Waals surface area contributed by atoms with Crippen molar-refractivity contribution in [2.75, 3.05) is 13.2 Å². The molecule has 1 aliphatic rings. The topological polar surface area (TPSA) is 129 Å². The number of amides is 2. The summed E-state index contributed by atoms with van der Waals surface area (Å²) in [6.45, 7) is 8.70. The molecule has 2 atom stereocenters. The van der Waals surface area contributed by atoms with Gasteiger partial charge in [-0.3, -0.25) is 4.79 Å². The summed E-state index contributed by atoms with van der Waals surface area (Å²) in [4.78, 5) is 43.2. The second-order valence-corrected chi connectivity index (χ2v) is 14.4. The van der Waals surface area contributed by atoms with E-state index in [4.69, 9.17) is 14.3 Å². The van der Waals surface area contributed by atoms with Crippen LogP contribution in [0.4, 0.5) is 4.79 Å². The highest BCUT2D eigenvalue weighted by Gasteiger charge is 2.36. The second kappa shape index (κ2) is 19.3. The van der Waals surface area contributed by atoms with E-state index in [1.807, 2.05) is 78.9 Å². The molecule has 0 bridgehead atoms. The quantitative estimate of drug-likeness (QED) is 0.0843. The van der Waals surface area contributed by atoms with E-state index in [9.17, 15) is 14.8 Å². The molecular weight excluding hydrogens is 670 g/mol. The van der Waals surface area contributed by atoms with Crippen molar-refractivity contribution in [1.29, 1.82) is 0 Å². The lowest BCUT2D eigenvalue weighted by Gasteiger charge is -2.42. The number of hydroxylamine groups is 2. The molecule has 11 heteroatoms. The Bertz CT molecular complexity index is 1710. The van der Waals surface area contributed by atoms with E-state index in [2.05, 4.69) is 22.2 Å². The van der Waals surface area contributed by atoms with E-state index < -0.39 is 23.9 Å². The van der Waals surface area contributed by atoms with Gasteiger partial charge in [-0.05, 0) is 68.9 Å². The molecule has 53 heavy (non-hydrogen) atoms. The molecule has 0 unspecified atom stereocenters. The van der Waals surface area contributed by atoms with Gasteiger partial charge in [-0.2, -0.15) is 0 Å². The zero-order chi connectivity index (χ0) is 37.6. The molecule has 0 aliphatic carbocycles. The van der Waals surface area contributed by atoms with Crippen LogP contribution in [0, 0.1) is 5.21 Å². The van der Waals surface area contributed by atoms with Crippen LogP contribution < -0.4 is 10.1 Å². The lowest BCUT2D eigenvalue weighted by atomic mass is 10.0. The summed E-state index contributed by atoms with van der Waals surface area (Å²) in [6, 6.07) is 23.9. The number of rotatable bonds is 17. The van der Waals surface area contributed by atoms with E-state index in [0.717, 1.165) is 46.6 Å². The van der Waals surface area contributed by atoms with Crippen molar-refractivity contribution in [2.24, 2.45) is 0 Å². The fourth-order valence-electron chi connectivity index (χ4n) is 6.15. The van der Waals surface area contributed by atoms with Crippen molar-refractivity contribution < 1.29 is 23.9 Å². The van der Waals surface area contributed by atoms with Crippen molar-refractivity contribution in [3.05, 3.63) is 108 Å². The molecule has 1 aromatic heterocycles. The number of benzene rings is 3. The summed E-state index contributed by atoms with van der Waals surface area (Å²) in [5, 5.41) is 16.2. The van der Waals surface area contributed by atoms with Crippen LogP contribution in [0.1, 0.15) is 83.8 Å². The van der Waals surface area contributed by atoms with Gasteiger partial charge in [0.1, 0.15) is 18.4 Å². The summed E-state index contributed by atoms with van der Waals surface area (Å²) in [5.41, 5.74) is 3.60. The Morgan fingerprint density at radius 3 is 2.25 bits per heavy atom. The zero-order valence-corrected chi connectivity index (χ0v) is 31.3. The minimum Gasteiger partial charge on any atom is -0.760 e. The molecule has 1 aliphatic heterocycles. The number of hydrogen-bond donors (Lipinski definition) is 1. The molecular formula is C42H52N5O6-. The first-order valence-corrected chi connectivity index (χ1v) is 18.7. The van der Waals surface area contributed by atoms with Crippen LogP contribution in [-0.2, 0) is 27.4 Å². The third kappa shape index (κ3) is 12.1. The highest BCUT2D eigenvalue weighted by molar-refractivity contribution is 5.86. The monoisotopic (exact) mass is 722 g/mol. The van der Waals surface area contributed by atoms with Gasteiger partial charge in [0.05, 0.1) is 18.4 Å². The van der Waals surface area contributed by atoms with Gasteiger partial charge >= 0.3 is 6.09 Å². The molecule has 2 heterocycles. The minimum absolute atomic E-state index is 0.0557. The third-order valence-electron chi connectivity index (χ3n) is 8.92. The first kappa shape index (κ1) is 39.4. The van der Waals surface area contributed by atoms with Crippen LogP contribution in [0.15, 0.2) is 91.3 Å². The van der Waals surface area contributed by atoms with Gasteiger partial charge in [-0.1, -0.05) is 99.3 Å². The van der Waals surface area contributed by atoms with Gasteiger partial charge in [-0.25, -0.2) is 20.0 Å². The highest BCUT2D eigenvalue weighted by Crippen LogP contribution is 2.26. The number of hydrogen-bond acceptors (Lipinski definition) is 9. The summed E-state index contributed by atoms with van der Waals surface area (Å²) in [6.07, 6.45) is 9.37. The number of ether oxygens (including phenoxy) is 2. The van der Waals surface area contributed by atoms with Crippen molar-refractivity contribution in [3.63, 3.8) is 0 Å². The molecule has 3 aromatic carbocycles. The largest absolute Gasteiger partial charge is 0.760 e. The van der Waals surface area contributed by atoms with Crippen molar-refractivity contribution in [3.8, 4) is 28.3 Å². The maximum atomic E-state index is 14.0. The smallest absolute Gasteiger partial charge is 0.408 e. The Balaban J connectivity index is 1.23. The molecule has 0 saturated carbocycles. The van der Waals surface area contributed by atoms with Crippen LogP contribution in [0.5, 0.6) is 5.75 Å². The van der Waals surface area contributed by atoms with Gasteiger partial charge in [0.15, 0.2) is 5.82 Å². The Labute approximate surface area is 313 Å². The number of alkyl carbamates (subject to hydrolysis) is 1. The Kier molecular flexibility index (Phi) is 14.3. The van der Waals surface area contributed by atoms with Crippen LogP contribution >= 0.6 is 0 Å². The lowest BCUT2D eigenvalue weighted by molar-refractivity contribution is -0.238. The second-order valence-electron chi connectivity index (χ2n) is 14.4. The molecule has 0 radical (unpaired) electrons. The van der Waals surface area contributed by atoms with Crippen LogP contribution in [0.2, 0.25) is 0 Å². The minimum atomic E-state index is -0.981. The first-order chi connectivity index (χ1) is 25.6. The predicted molar refractivity (Wildman–Crippen MR) is 205 cm³/mol. The number of aromatic nitrogens is 2. The first-order valence-electron chi connectivity index (χ1n) is 18.7. The number of carbonyl (C=O) groups is 2. The average Bonchev–Trinajstić information content (AvgIpc) is 3.66. The van der Waals surface area contributed by atoms with Crippen LogP contribution in [0.3, 0.4) is 0 Å². The Hall–Kier alpha value is -4.84. The molecule has 282 valence electrons. The molecule has 0 spiro atoms. The van der Waals surface area contributed by atoms with Gasteiger partial charge in [-0.15, -0.1) is 0 Å². The van der Waals surface area contributed by atoms with Crippen molar-refractivity contribution in [2.45, 2.75) is 103 Å². The lowest BCUT2D eigenvalue weighted by Crippen LogP contribution is -2.54. The molecule has 1 saturated heterocycles. The zero-order valence-electron chi connectivity index (χ0n) is 31.3. The van der Waals surface area contributed by atoms with Crippen molar-refractivity contribution >= 4 is 12.0 Å². The van der Waals surface area contributed by atoms with Gasteiger partial charge in [0.25, 0.3) is 0 Å². The van der Waals surface area contributed by atoms with E-state index in [1.165, 1.54) is 30.6 Å². The fourth-order valence-corrected chi connectivity index (χ4v) is 6.15. The molecule has 11 nitrogen and oxygen atoms in total. The standard InChI is InChI=1S/C42H52N5O6/c1-5-6-7-8-12-26-51-36-23-21-33(22-24-36)35-28-43-39(44-29-35)34-19-17-31(18-20-34)27-37(45-41(49)52-30-32-14-10-9-11-15-32)40(48)46-25-13-16-38(46)47(50)53-42(2,3)4/h9-11,14-15,17-24,28-29,37-38H,5-8,12-13,16,25-27,30H2,1-4H3,(H,45,49)/q-1/t37-,38+/m0/s1. The summed E-state index contributed by atoms with van der Waals surface area (Å²) in [7, 11) is 0. The maximum Gasteiger partial charge on any atom is 0.408 e. The number of carbonyl (C=O) groups excluding carboxylic acids is 2.